The van der Waals surface area contributed by atoms with Crippen LogP contribution in [0.4, 0.5) is 0 Å². The van der Waals surface area contributed by atoms with Crippen LogP contribution in [-0.4, -0.2) is 25.6 Å². The minimum atomic E-state index is 0.0249. The first-order chi connectivity index (χ1) is 9.74. The van der Waals surface area contributed by atoms with Crippen molar-refractivity contribution in [1.29, 1.82) is 0 Å². The summed E-state index contributed by atoms with van der Waals surface area (Å²) in [5.41, 5.74) is 6.72. The van der Waals surface area contributed by atoms with Crippen LogP contribution in [-0.2, 0) is 11.2 Å². The highest BCUT2D eigenvalue weighted by atomic mass is 16.5. The van der Waals surface area contributed by atoms with Crippen LogP contribution >= 0.6 is 0 Å². The Balaban J connectivity index is 1.93. The molecule has 1 atom stereocenters. The van der Waals surface area contributed by atoms with Crippen molar-refractivity contribution in [2.75, 3.05) is 13.7 Å². The molecule has 0 bridgehead atoms. The van der Waals surface area contributed by atoms with E-state index in [0.717, 1.165) is 11.3 Å². The quantitative estimate of drug-likeness (QED) is 0.833. The maximum absolute atomic E-state index is 12.2. The molecular formula is C16H24N2O2. The van der Waals surface area contributed by atoms with Crippen LogP contribution in [0.15, 0.2) is 24.3 Å². The van der Waals surface area contributed by atoms with Gasteiger partial charge in [0.2, 0.25) is 5.91 Å². The normalized spacial score (nSPS) is 16.9. The van der Waals surface area contributed by atoms with E-state index >= 15 is 0 Å². The summed E-state index contributed by atoms with van der Waals surface area (Å²) in [6, 6.07) is 7.73. The Labute approximate surface area is 120 Å². The predicted molar refractivity (Wildman–Crippen MR) is 79.6 cm³/mol. The van der Waals surface area contributed by atoms with Crippen LogP contribution in [0.25, 0.3) is 0 Å². The van der Waals surface area contributed by atoms with E-state index in [1.165, 1.54) is 25.7 Å². The average molecular weight is 276 g/mol. The third-order valence-corrected chi connectivity index (χ3v) is 4.11. The zero-order chi connectivity index (χ0) is 14.4. The highest BCUT2D eigenvalue weighted by molar-refractivity contribution is 5.79. The summed E-state index contributed by atoms with van der Waals surface area (Å²) in [7, 11) is 1.62. The second-order valence-electron chi connectivity index (χ2n) is 5.44. The number of hydrogen-bond acceptors (Lipinski definition) is 3. The molecule has 1 aliphatic rings. The van der Waals surface area contributed by atoms with Crippen LogP contribution in [0, 0.1) is 5.92 Å². The third-order valence-electron chi connectivity index (χ3n) is 4.11. The molecule has 20 heavy (non-hydrogen) atoms. The number of hydrogen-bond donors (Lipinski definition) is 2. The fraction of sp³-hybridized carbons (Fsp3) is 0.562. The number of carbonyl (C=O) groups excluding carboxylic acids is 1. The van der Waals surface area contributed by atoms with Crippen molar-refractivity contribution >= 4 is 5.91 Å². The van der Waals surface area contributed by atoms with E-state index in [2.05, 4.69) is 5.32 Å². The lowest BCUT2D eigenvalue weighted by atomic mass is 9.98. The average Bonchev–Trinajstić information content (AvgIpc) is 2.99. The van der Waals surface area contributed by atoms with Crippen LogP contribution < -0.4 is 15.8 Å². The van der Waals surface area contributed by atoms with Gasteiger partial charge in [-0.05, 0) is 24.8 Å². The summed E-state index contributed by atoms with van der Waals surface area (Å²) in [6.45, 7) is 0.516. The first-order valence-electron chi connectivity index (χ1n) is 7.36. The van der Waals surface area contributed by atoms with Crippen molar-refractivity contribution < 1.29 is 9.53 Å². The summed E-state index contributed by atoms with van der Waals surface area (Å²) in [6.07, 6.45) is 5.20. The van der Waals surface area contributed by atoms with E-state index in [-0.39, 0.29) is 11.9 Å². The zero-order valence-electron chi connectivity index (χ0n) is 12.1. The highest BCUT2D eigenvalue weighted by Crippen LogP contribution is 2.27. The lowest BCUT2D eigenvalue weighted by molar-refractivity contribution is -0.121. The standard InChI is InChI=1S/C16H24N2O2/c1-20-15-9-5-4-8-13(15)10-16(19)18-14(11-17)12-6-2-3-7-12/h4-5,8-9,12,14H,2-3,6-7,10-11,17H2,1H3,(H,18,19). The highest BCUT2D eigenvalue weighted by Gasteiger charge is 2.25. The number of nitrogens with one attached hydrogen (secondary N) is 1. The molecular weight excluding hydrogens is 252 g/mol. The van der Waals surface area contributed by atoms with Gasteiger partial charge in [0.1, 0.15) is 5.75 Å². The van der Waals surface area contributed by atoms with E-state index in [0.29, 0.717) is 18.9 Å². The number of nitrogens with two attached hydrogens (primary N) is 1. The van der Waals surface area contributed by atoms with E-state index < -0.39 is 0 Å². The van der Waals surface area contributed by atoms with Crippen LogP contribution in [0.5, 0.6) is 5.75 Å². The van der Waals surface area contributed by atoms with E-state index in [9.17, 15) is 4.79 Å². The Morgan fingerprint density at radius 2 is 2.10 bits per heavy atom. The molecule has 1 aromatic rings. The summed E-state index contributed by atoms with van der Waals surface area (Å²) in [5.74, 6) is 1.33. The molecule has 3 N–H and O–H groups in total. The molecule has 2 rings (SSSR count). The second-order valence-corrected chi connectivity index (χ2v) is 5.44. The molecule has 1 aliphatic carbocycles. The van der Waals surface area contributed by atoms with Gasteiger partial charge in [0.05, 0.1) is 13.5 Å². The molecule has 1 fully saturated rings. The molecule has 4 nitrogen and oxygen atoms in total. The first kappa shape index (κ1) is 14.9. The second kappa shape index (κ2) is 7.29. The van der Waals surface area contributed by atoms with Gasteiger partial charge in [-0.15, -0.1) is 0 Å². The maximum atomic E-state index is 12.2. The Morgan fingerprint density at radius 3 is 2.75 bits per heavy atom. The van der Waals surface area contributed by atoms with Crippen LogP contribution in [0.3, 0.4) is 0 Å². The summed E-state index contributed by atoms with van der Waals surface area (Å²) in [4.78, 5) is 12.2. The number of ether oxygens (including phenoxy) is 1. The molecule has 1 aromatic carbocycles. The van der Waals surface area contributed by atoms with Crippen LogP contribution in [0.2, 0.25) is 0 Å². The molecule has 0 spiro atoms. The minimum Gasteiger partial charge on any atom is -0.496 e. The molecule has 0 saturated heterocycles. The molecule has 0 heterocycles. The van der Waals surface area contributed by atoms with Gasteiger partial charge in [-0.1, -0.05) is 31.0 Å². The van der Waals surface area contributed by atoms with Gasteiger partial charge >= 0.3 is 0 Å². The van der Waals surface area contributed by atoms with Crippen molar-refractivity contribution in [2.24, 2.45) is 11.7 Å². The number of para-hydroxylation sites is 1. The monoisotopic (exact) mass is 276 g/mol. The van der Waals surface area contributed by atoms with E-state index in [1.54, 1.807) is 7.11 Å². The van der Waals surface area contributed by atoms with Gasteiger partial charge in [-0.2, -0.15) is 0 Å². The smallest absolute Gasteiger partial charge is 0.224 e. The lowest BCUT2D eigenvalue weighted by Gasteiger charge is -2.23. The van der Waals surface area contributed by atoms with Crippen molar-refractivity contribution in [3.8, 4) is 5.75 Å². The number of carbonyl (C=O) groups is 1. The largest absolute Gasteiger partial charge is 0.496 e. The molecule has 4 heteroatoms. The van der Waals surface area contributed by atoms with E-state index in [1.807, 2.05) is 24.3 Å². The number of benzene rings is 1. The predicted octanol–water partition coefficient (Wildman–Crippen LogP) is 1.87. The van der Waals surface area contributed by atoms with Crippen molar-refractivity contribution in [2.45, 2.75) is 38.1 Å². The van der Waals surface area contributed by atoms with Crippen molar-refractivity contribution in [3.05, 3.63) is 29.8 Å². The van der Waals surface area contributed by atoms with Gasteiger partial charge in [-0.3, -0.25) is 4.79 Å². The number of amides is 1. The van der Waals surface area contributed by atoms with Gasteiger partial charge in [0.25, 0.3) is 0 Å². The Bertz CT molecular complexity index is 442. The Kier molecular flexibility index (Phi) is 5.41. The number of methoxy groups -OCH3 is 1. The summed E-state index contributed by atoms with van der Waals surface area (Å²) >= 11 is 0. The van der Waals surface area contributed by atoms with Crippen molar-refractivity contribution in [1.82, 2.24) is 5.32 Å². The molecule has 110 valence electrons. The lowest BCUT2D eigenvalue weighted by Crippen LogP contribution is -2.45. The minimum absolute atomic E-state index is 0.0249. The van der Waals surface area contributed by atoms with Gasteiger partial charge < -0.3 is 15.8 Å². The molecule has 0 aliphatic heterocycles. The molecule has 0 aromatic heterocycles. The topological polar surface area (TPSA) is 64.3 Å². The summed E-state index contributed by atoms with van der Waals surface area (Å²) in [5, 5.41) is 3.09. The maximum Gasteiger partial charge on any atom is 0.224 e. The number of rotatable bonds is 6. The van der Waals surface area contributed by atoms with Gasteiger partial charge in [0, 0.05) is 18.2 Å². The fourth-order valence-electron chi connectivity index (χ4n) is 3.01. The van der Waals surface area contributed by atoms with Gasteiger partial charge in [-0.25, -0.2) is 0 Å². The summed E-state index contributed by atoms with van der Waals surface area (Å²) < 4.78 is 5.27. The van der Waals surface area contributed by atoms with E-state index in [4.69, 9.17) is 10.5 Å². The molecule has 0 radical (unpaired) electrons. The third kappa shape index (κ3) is 3.73. The van der Waals surface area contributed by atoms with Gasteiger partial charge in [0.15, 0.2) is 0 Å². The molecule has 1 unspecified atom stereocenters. The fourth-order valence-corrected chi connectivity index (χ4v) is 3.01. The Hall–Kier alpha value is -1.55. The first-order valence-corrected chi connectivity index (χ1v) is 7.36. The molecule has 1 saturated carbocycles. The SMILES string of the molecule is COc1ccccc1CC(=O)NC(CN)C1CCCC1. The zero-order valence-corrected chi connectivity index (χ0v) is 12.1. The molecule has 1 amide bonds. The van der Waals surface area contributed by atoms with Crippen molar-refractivity contribution in [3.63, 3.8) is 0 Å². The Morgan fingerprint density at radius 1 is 1.40 bits per heavy atom. The van der Waals surface area contributed by atoms with Crippen LogP contribution in [0.1, 0.15) is 31.2 Å².